The van der Waals surface area contributed by atoms with Gasteiger partial charge in [-0.1, -0.05) is 11.6 Å². The average Bonchev–Trinajstić information content (AvgIpc) is 3.48. The van der Waals surface area contributed by atoms with Crippen LogP contribution in [0, 0.1) is 0 Å². The lowest BCUT2D eigenvalue weighted by Gasteiger charge is -2.34. The molecule has 0 aromatic heterocycles. The van der Waals surface area contributed by atoms with Crippen LogP contribution in [0.5, 0.6) is 17.2 Å². The molecule has 0 saturated carbocycles. The summed E-state index contributed by atoms with van der Waals surface area (Å²) in [6.07, 6.45) is 0. The van der Waals surface area contributed by atoms with Gasteiger partial charge in [-0.25, -0.2) is 8.42 Å². The molecule has 37 heavy (non-hydrogen) atoms. The SMILES string of the molecule is CNC[C@@](C)(C(=O)N1CC2=C(C1)CN(S(=O)(=O)c1ccc3c(c1)OCCO3)C2)c1cc(Cl)cc(OC)c1. The summed E-state index contributed by atoms with van der Waals surface area (Å²) in [5.74, 6) is 1.51. The Morgan fingerprint density at radius 3 is 2.38 bits per heavy atom. The molecular weight excluding hydrogens is 518 g/mol. The van der Waals surface area contributed by atoms with E-state index in [2.05, 4.69) is 5.32 Å². The number of halogens is 1. The largest absolute Gasteiger partial charge is 0.497 e. The predicted molar refractivity (Wildman–Crippen MR) is 139 cm³/mol. The predicted octanol–water partition coefficient (Wildman–Crippen LogP) is 2.44. The van der Waals surface area contributed by atoms with Crippen molar-refractivity contribution in [3.05, 3.63) is 58.1 Å². The number of ether oxygens (including phenoxy) is 3. The van der Waals surface area contributed by atoms with E-state index < -0.39 is 15.4 Å². The maximum atomic E-state index is 13.9. The second-order valence-corrected chi connectivity index (χ2v) is 12.1. The first-order valence-corrected chi connectivity index (χ1v) is 13.9. The summed E-state index contributed by atoms with van der Waals surface area (Å²) < 4.78 is 44.7. The first-order valence-electron chi connectivity index (χ1n) is 12.0. The quantitative estimate of drug-likeness (QED) is 0.532. The molecule has 0 fully saturated rings. The zero-order valence-corrected chi connectivity index (χ0v) is 22.6. The van der Waals surface area contributed by atoms with Gasteiger partial charge in [0.2, 0.25) is 15.9 Å². The minimum Gasteiger partial charge on any atom is -0.497 e. The fourth-order valence-electron chi connectivity index (χ4n) is 5.20. The molecule has 0 unspecified atom stereocenters. The molecule has 0 radical (unpaired) electrons. The molecule has 2 aromatic carbocycles. The molecule has 5 rings (SSSR count). The highest BCUT2D eigenvalue weighted by molar-refractivity contribution is 7.89. The molecule has 11 heteroatoms. The average molecular weight is 548 g/mol. The molecule has 3 aliphatic rings. The number of nitrogens with zero attached hydrogens (tertiary/aromatic N) is 2. The van der Waals surface area contributed by atoms with Gasteiger partial charge in [0.25, 0.3) is 0 Å². The van der Waals surface area contributed by atoms with Crippen LogP contribution < -0.4 is 19.5 Å². The number of benzene rings is 2. The number of likely N-dealkylation sites (N-methyl/N-ethyl adjacent to an activating group) is 1. The smallest absolute Gasteiger partial charge is 0.243 e. The number of carbonyl (C=O) groups excluding carboxylic acids is 1. The van der Waals surface area contributed by atoms with Crippen molar-refractivity contribution in [1.82, 2.24) is 14.5 Å². The van der Waals surface area contributed by atoms with E-state index in [4.69, 9.17) is 25.8 Å². The molecule has 1 amide bonds. The molecule has 1 atom stereocenters. The zero-order chi connectivity index (χ0) is 26.4. The van der Waals surface area contributed by atoms with Crippen molar-refractivity contribution in [3.63, 3.8) is 0 Å². The molecular formula is C26H30ClN3O6S. The zero-order valence-electron chi connectivity index (χ0n) is 21.0. The van der Waals surface area contributed by atoms with E-state index in [9.17, 15) is 13.2 Å². The Labute approximate surface area is 222 Å². The summed E-state index contributed by atoms with van der Waals surface area (Å²) >= 11 is 6.31. The number of hydrogen-bond donors (Lipinski definition) is 1. The highest BCUT2D eigenvalue weighted by atomic mass is 35.5. The fraction of sp³-hybridized carbons (Fsp3) is 0.423. The van der Waals surface area contributed by atoms with Gasteiger partial charge in [0.05, 0.1) is 17.4 Å². The summed E-state index contributed by atoms with van der Waals surface area (Å²) in [5.41, 5.74) is 1.80. The van der Waals surface area contributed by atoms with Crippen molar-refractivity contribution < 1.29 is 27.4 Å². The molecule has 1 N–H and O–H groups in total. The minimum atomic E-state index is -3.73. The highest BCUT2D eigenvalue weighted by Crippen LogP contribution is 2.37. The Balaban J connectivity index is 1.31. The van der Waals surface area contributed by atoms with Crippen LogP contribution >= 0.6 is 11.6 Å². The van der Waals surface area contributed by atoms with Gasteiger partial charge in [-0.3, -0.25) is 4.79 Å². The van der Waals surface area contributed by atoms with Crippen LogP contribution in [-0.4, -0.2) is 83.6 Å². The lowest BCUT2D eigenvalue weighted by atomic mass is 9.80. The number of methoxy groups -OCH3 is 1. The fourth-order valence-corrected chi connectivity index (χ4v) is 6.87. The first-order chi connectivity index (χ1) is 17.7. The van der Waals surface area contributed by atoms with E-state index in [0.29, 0.717) is 55.1 Å². The lowest BCUT2D eigenvalue weighted by Crippen LogP contribution is -2.50. The number of carbonyl (C=O) groups is 1. The highest BCUT2D eigenvalue weighted by Gasteiger charge is 2.43. The number of hydrogen-bond acceptors (Lipinski definition) is 7. The van der Waals surface area contributed by atoms with Crippen molar-refractivity contribution in [2.24, 2.45) is 0 Å². The summed E-state index contributed by atoms with van der Waals surface area (Å²) in [5, 5.41) is 3.63. The van der Waals surface area contributed by atoms with Crippen molar-refractivity contribution in [1.29, 1.82) is 0 Å². The molecule has 0 saturated heterocycles. The van der Waals surface area contributed by atoms with Crippen LogP contribution in [-0.2, 0) is 20.2 Å². The van der Waals surface area contributed by atoms with Gasteiger partial charge in [-0.2, -0.15) is 4.31 Å². The van der Waals surface area contributed by atoms with Gasteiger partial charge in [0.1, 0.15) is 19.0 Å². The third-order valence-electron chi connectivity index (χ3n) is 7.18. The molecule has 2 aromatic rings. The minimum absolute atomic E-state index is 0.0539. The van der Waals surface area contributed by atoms with E-state index in [1.165, 1.54) is 10.4 Å². The van der Waals surface area contributed by atoms with E-state index in [1.54, 1.807) is 43.3 Å². The van der Waals surface area contributed by atoms with Gasteiger partial charge in [0.15, 0.2) is 11.5 Å². The third kappa shape index (κ3) is 4.67. The van der Waals surface area contributed by atoms with Crippen LogP contribution in [0.15, 0.2) is 52.4 Å². The molecule has 3 aliphatic heterocycles. The third-order valence-corrected chi connectivity index (χ3v) is 9.19. The molecule has 0 aliphatic carbocycles. The number of sulfonamides is 1. The van der Waals surface area contributed by atoms with Crippen LogP contribution in [0.1, 0.15) is 12.5 Å². The topological polar surface area (TPSA) is 97.4 Å². The molecule has 0 bridgehead atoms. The number of nitrogens with one attached hydrogen (secondary N) is 1. The first kappa shape index (κ1) is 25.8. The van der Waals surface area contributed by atoms with Crippen molar-refractivity contribution in [2.75, 3.05) is 60.1 Å². The Kier molecular flexibility index (Phi) is 6.86. The molecule has 198 valence electrons. The van der Waals surface area contributed by atoms with E-state index >= 15 is 0 Å². The van der Waals surface area contributed by atoms with Gasteiger partial charge in [-0.15, -0.1) is 0 Å². The van der Waals surface area contributed by atoms with E-state index in [0.717, 1.165) is 16.7 Å². The Bertz CT molecular complexity index is 1360. The summed E-state index contributed by atoms with van der Waals surface area (Å²) in [6.45, 7) is 4.40. The summed E-state index contributed by atoms with van der Waals surface area (Å²) in [7, 11) is -0.367. The maximum absolute atomic E-state index is 13.9. The summed E-state index contributed by atoms with van der Waals surface area (Å²) in [6, 6.07) is 10.0. The number of amides is 1. The van der Waals surface area contributed by atoms with Crippen LogP contribution in [0.3, 0.4) is 0 Å². The molecule has 9 nitrogen and oxygen atoms in total. The number of rotatable bonds is 7. The molecule has 3 heterocycles. The van der Waals surface area contributed by atoms with Crippen molar-refractivity contribution >= 4 is 27.5 Å². The second kappa shape index (κ2) is 9.83. The van der Waals surface area contributed by atoms with Crippen molar-refractivity contribution in [3.8, 4) is 17.2 Å². The molecule has 0 spiro atoms. The van der Waals surface area contributed by atoms with Crippen LogP contribution in [0.25, 0.3) is 0 Å². The summed E-state index contributed by atoms with van der Waals surface area (Å²) in [4.78, 5) is 15.8. The normalized spacial score (nSPS) is 19.1. The van der Waals surface area contributed by atoms with E-state index in [1.807, 2.05) is 13.0 Å². The van der Waals surface area contributed by atoms with E-state index in [-0.39, 0.29) is 23.9 Å². The van der Waals surface area contributed by atoms with Gasteiger partial charge in [0, 0.05) is 43.8 Å². The van der Waals surface area contributed by atoms with Gasteiger partial charge in [-0.05, 0) is 61.0 Å². The monoisotopic (exact) mass is 547 g/mol. The van der Waals surface area contributed by atoms with Crippen molar-refractivity contribution in [2.45, 2.75) is 17.2 Å². The Morgan fingerprint density at radius 1 is 1.05 bits per heavy atom. The lowest BCUT2D eigenvalue weighted by molar-refractivity contribution is -0.135. The van der Waals surface area contributed by atoms with Gasteiger partial charge < -0.3 is 24.4 Å². The van der Waals surface area contributed by atoms with Crippen LogP contribution in [0.4, 0.5) is 0 Å². The van der Waals surface area contributed by atoms with Gasteiger partial charge >= 0.3 is 0 Å². The maximum Gasteiger partial charge on any atom is 0.243 e. The Morgan fingerprint density at radius 2 is 1.73 bits per heavy atom. The number of fused-ring (bicyclic) bond motifs is 1. The standard InChI is InChI=1S/C26H30ClN3O6S/c1-26(16-28-2,19-8-20(27)10-21(9-19)34-3)25(31)29-12-17-14-30(15-18(17)13-29)37(32,33)22-4-5-23-24(11-22)36-7-6-35-23/h4-5,8-11,28H,6-7,12-16H2,1-3H3/t26-/m1/s1. The van der Waals surface area contributed by atoms with Crippen LogP contribution in [0.2, 0.25) is 5.02 Å². The Hall–Kier alpha value is -2.79. The second-order valence-electron chi connectivity index (χ2n) is 9.69.